The zero-order chi connectivity index (χ0) is 26.5. The quantitative estimate of drug-likeness (QED) is 0.0593. The predicted molar refractivity (Wildman–Crippen MR) is 149 cm³/mol. The maximum atomic E-state index is 12.4. The van der Waals surface area contributed by atoms with E-state index in [0.29, 0.717) is 18.3 Å². The Morgan fingerprint density at radius 1 is 0.972 bits per heavy atom. The largest absolute Gasteiger partial charge is 0.391 e. The van der Waals surface area contributed by atoms with Gasteiger partial charge in [-0.3, -0.25) is 4.57 Å². The Hall–Kier alpha value is -0.200. The summed E-state index contributed by atoms with van der Waals surface area (Å²) in [6.07, 6.45) is 20.7. The van der Waals surface area contributed by atoms with Crippen LogP contribution in [0.5, 0.6) is 0 Å². The standard InChI is InChI=1S/C28H53O6PS/c1-4-6-8-9-10-11-12-16-21-32-24(3)23-33-28(30,35-31)27(29)34-36-22-20-26(17-7-5-2)25-18-14-13-15-19-25/h24-26,30H,4-23H2,1-3H3. The fraction of sp³-hybridized carbons (Fsp3) is 0.964. The van der Waals surface area contributed by atoms with Gasteiger partial charge in [0.25, 0.3) is 0 Å². The van der Waals surface area contributed by atoms with Crippen LogP contribution in [0, 0.1) is 11.8 Å². The van der Waals surface area contributed by atoms with E-state index in [4.69, 9.17) is 13.7 Å². The van der Waals surface area contributed by atoms with Gasteiger partial charge in [-0.25, -0.2) is 4.79 Å². The Balaban J connectivity index is 2.24. The Kier molecular flexibility index (Phi) is 20.4. The van der Waals surface area contributed by atoms with E-state index in [1.54, 1.807) is 0 Å². The third-order valence-corrected chi connectivity index (χ3v) is 8.49. The van der Waals surface area contributed by atoms with Crippen LogP contribution in [0.4, 0.5) is 0 Å². The summed E-state index contributed by atoms with van der Waals surface area (Å²) in [4.78, 5) is 12.4. The number of hydrogen-bond donors (Lipinski definition) is 1. The zero-order valence-electron chi connectivity index (χ0n) is 23.2. The minimum absolute atomic E-state index is 0.0384. The van der Waals surface area contributed by atoms with Crippen LogP contribution in [-0.2, 0) is 23.0 Å². The van der Waals surface area contributed by atoms with E-state index < -0.39 is 20.0 Å². The van der Waals surface area contributed by atoms with Gasteiger partial charge in [0, 0.05) is 12.4 Å². The summed E-state index contributed by atoms with van der Waals surface area (Å²) in [7, 11) is -0.831. The Morgan fingerprint density at radius 3 is 2.25 bits per heavy atom. The molecule has 212 valence electrons. The Bertz CT molecular complexity index is 560. The molecule has 0 aromatic heterocycles. The van der Waals surface area contributed by atoms with Gasteiger partial charge in [-0.05, 0) is 31.6 Å². The SMILES string of the molecule is CCCCCCCCCCOC(C)COC(O)(P=O)C(=O)OSCCC(CCCC)C1CCCCC1. The molecule has 3 unspecified atom stereocenters. The maximum absolute atomic E-state index is 12.4. The third kappa shape index (κ3) is 15.3. The molecule has 1 aliphatic rings. The lowest BCUT2D eigenvalue weighted by Crippen LogP contribution is -2.38. The molecule has 1 aliphatic carbocycles. The molecule has 36 heavy (non-hydrogen) atoms. The molecule has 1 fully saturated rings. The number of ether oxygens (including phenoxy) is 2. The normalized spacial score (nSPS) is 18.1. The van der Waals surface area contributed by atoms with E-state index in [0.717, 1.165) is 37.2 Å². The summed E-state index contributed by atoms with van der Waals surface area (Å²) in [6.45, 7) is 6.83. The molecule has 0 saturated heterocycles. The van der Waals surface area contributed by atoms with Gasteiger partial charge in [0.2, 0.25) is 8.46 Å². The van der Waals surface area contributed by atoms with Crippen molar-refractivity contribution in [1.29, 1.82) is 0 Å². The highest BCUT2D eigenvalue weighted by Crippen LogP contribution is 2.35. The molecule has 0 heterocycles. The number of unbranched alkanes of at least 4 members (excludes halogenated alkanes) is 8. The molecular weight excluding hydrogens is 495 g/mol. The first-order valence-corrected chi connectivity index (χ1v) is 16.3. The lowest BCUT2D eigenvalue weighted by atomic mass is 9.77. The molecular formula is C28H53O6PS. The monoisotopic (exact) mass is 548 g/mol. The third-order valence-electron chi connectivity index (χ3n) is 7.26. The summed E-state index contributed by atoms with van der Waals surface area (Å²) in [5, 5.41) is 10.4. The van der Waals surface area contributed by atoms with Gasteiger partial charge in [-0.2, -0.15) is 0 Å². The van der Waals surface area contributed by atoms with Crippen LogP contribution in [0.15, 0.2) is 0 Å². The van der Waals surface area contributed by atoms with Crippen molar-refractivity contribution < 1.29 is 28.1 Å². The maximum Gasteiger partial charge on any atom is 0.391 e. The van der Waals surface area contributed by atoms with Crippen LogP contribution in [0.1, 0.15) is 130 Å². The molecule has 8 heteroatoms. The van der Waals surface area contributed by atoms with Gasteiger partial charge in [0.05, 0.1) is 24.8 Å². The van der Waals surface area contributed by atoms with Gasteiger partial charge < -0.3 is 18.8 Å². The molecule has 0 aromatic rings. The summed E-state index contributed by atoms with van der Waals surface area (Å²) in [5.74, 6) is 1.07. The molecule has 0 bridgehead atoms. The second kappa shape index (κ2) is 21.7. The topological polar surface area (TPSA) is 82.1 Å². The van der Waals surface area contributed by atoms with Crippen molar-refractivity contribution >= 4 is 26.5 Å². The summed E-state index contributed by atoms with van der Waals surface area (Å²) >= 11 is 1.03. The Morgan fingerprint density at radius 2 is 1.61 bits per heavy atom. The Labute approximate surface area is 226 Å². The molecule has 6 nitrogen and oxygen atoms in total. The molecule has 0 amide bonds. The summed E-state index contributed by atoms with van der Waals surface area (Å²) in [5.41, 5.74) is -2.49. The van der Waals surface area contributed by atoms with E-state index in [-0.39, 0.29) is 12.7 Å². The van der Waals surface area contributed by atoms with Gasteiger partial charge in [0.1, 0.15) is 0 Å². The van der Waals surface area contributed by atoms with E-state index in [9.17, 15) is 14.5 Å². The lowest BCUT2D eigenvalue weighted by Gasteiger charge is -2.30. The van der Waals surface area contributed by atoms with Crippen LogP contribution in [-0.4, -0.2) is 41.7 Å². The van der Waals surface area contributed by atoms with Gasteiger partial charge in [-0.1, -0.05) is 110 Å². The number of hydrogen-bond acceptors (Lipinski definition) is 7. The van der Waals surface area contributed by atoms with Crippen molar-refractivity contribution in [3.8, 4) is 0 Å². The van der Waals surface area contributed by atoms with E-state index in [1.165, 1.54) is 89.9 Å². The number of carbonyl (C=O) groups is 1. The van der Waals surface area contributed by atoms with Crippen LogP contribution in [0.25, 0.3) is 0 Å². The van der Waals surface area contributed by atoms with E-state index >= 15 is 0 Å². The highest BCUT2D eigenvalue weighted by atomic mass is 32.2. The molecule has 1 saturated carbocycles. The van der Waals surface area contributed by atoms with E-state index in [2.05, 4.69) is 13.8 Å². The first-order chi connectivity index (χ1) is 17.5. The van der Waals surface area contributed by atoms with Crippen molar-refractivity contribution in [3.05, 3.63) is 0 Å². The molecule has 0 aliphatic heterocycles. The van der Waals surface area contributed by atoms with E-state index in [1.807, 2.05) is 6.92 Å². The minimum Gasteiger partial charge on any atom is -0.387 e. The molecule has 3 atom stereocenters. The zero-order valence-corrected chi connectivity index (χ0v) is 24.9. The van der Waals surface area contributed by atoms with Crippen molar-refractivity contribution in [2.75, 3.05) is 19.0 Å². The van der Waals surface area contributed by atoms with Gasteiger partial charge in [0.15, 0.2) is 0 Å². The van der Waals surface area contributed by atoms with Crippen LogP contribution in [0.2, 0.25) is 0 Å². The predicted octanol–water partition coefficient (Wildman–Crippen LogP) is 8.45. The summed E-state index contributed by atoms with van der Waals surface area (Å²) < 4.78 is 27.7. The molecule has 0 radical (unpaired) electrons. The lowest BCUT2D eigenvalue weighted by molar-refractivity contribution is -0.192. The molecule has 1 rings (SSSR count). The number of carbonyl (C=O) groups excluding carboxylic acids is 1. The summed E-state index contributed by atoms with van der Waals surface area (Å²) in [6, 6.07) is 0. The van der Waals surface area contributed by atoms with Crippen molar-refractivity contribution in [3.63, 3.8) is 0 Å². The van der Waals surface area contributed by atoms with Crippen molar-refractivity contribution in [2.24, 2.45) is 11.8 Å². The number of aliphatic hydroxyl groups is 1. The van der Waals surface area contributed by atoms with Crippen LogP contribution in [0.3, 0.4) is 0 Å². The minimum atomic E-state index is -2.49. The highest BCUT2D eigenvalue weighted by Gasteiger charge is 2.42. The fourth-order valence-electron chi connectivity index (χ4n) is 4.96. The van der Waals surface area contributed by atoms with Crippen LogP contribution < -0.4 is 0 Å². The first-order valence-electron chi connectivity index (χ1n) is 14.6. The fourth-order valence-corrected chi connectivity index (χ4v) is 5.97. The molecule has 0 spiro atoms. The van der Waals surface area contributed by atoms with Gasteiger partial charge >= 0.3 is 11.5 Å². The molecule has 1 N–H and O–H groups in total. The van der Waals surface area contributed by atoms with Crippen molar-refractivity contribution in [1.82, 2.24) is 0 Å². The van der Waals surface area contributed by atoms with Crippen LogP contribution >= 0.6 is 20.5 Å². The average Bonchev–Trinajstić information content (AvgIpc) is 2.90. The average molecular weight is 549 g/mol. The first kappa shape index (κ1) is 33.8. The van der Waals surface area contributed by atoms with Crippen molar-refractivity contribution in [2.45, 2.75) is 142 Å². The van der Waals surface area contributed by atoms with Gasteiger partial charge in [-0.15, -0.1) is 0 Å². The second-order valence-electron chi connectivity index (χ2n) is 10.4. The second-order valence-corrected chi connectivity index (χ2v) is 12.0. The highest BCUT2D eigenvalue weighted by molar-refractivity contribution is 7.95. The number of rotatable bonds is 23. The smallest absolute Gasteiger partial charge is 0.387 e. The molecule has 0 aromatic carbocycles.